The van der Waals surface area contributed by atoms with Crippen LogP contribution in [0.15, 0.2) is 0 Å². The largest absolute Gasteiger partial charge is 0.479 e. The Kier molecular flexibility index (Phi) is 3.97. The minimum atomic E-state index is -5.69. The van der Waals surface area contributed by atoms with E-state index in [1.807, 2.05) is 0 Å². The van der Waals surface area contributed by atoms with E-state index in [-0.39, 0.29) is 0 Å². The van der Waals surface area contributed by atoms with Crippen LogP contribution in [0.1, 0.15) is 6.92 Å². The van der Waals surface area contributed by atoms with Crippen LogP contribution in [0.3, 0.4) is 0 Å². The molecule has 0 radical (unpaired) electrons. The summed E-state index contributed by atoms with van der Waals surface area (Å²) in [5.41, 5.74) is 0. The van der Waals surface area contributed by atoms with Crippen LogP contribution in [0.5, 0.6) is 0 Å². The van der Waals surface area contributed by atoms with Gasteiger partial charge in [-0.15, -0.1) is 0 Å². The molecule has 0 saturated carbocycles. The lowest BCUT2D eigenvalue weighted by Gasteiger charge is -2.24. The number of carboxylic acids is 1. The predicted octanol–water partition coefficient (Wildman–Crippen LogP) is 1.97. The normalized spacial score (nSPS) is 15.5. The second-order valence-corrected chi connectivity index (χ2v) is 2.58. The zero-order chi connectivity index (χ0) is 12.4. The van der Waals surface area contributed by atoms with Crippen molar-refractivity contribution in [1.29, 1.82) is 0 Å². The van der Waals surface area contributed by atoms with E-state index in [0.29, 0.717) is 6.92 Å². The Bertz CT molecular complexity index is 218. The highest BCUT2D eigenvalue weighted by molar-refractivity contribution is 5.71. The van der Waals surface area contributed by atoms with Gasteiger partial charge in [-0.1, -0.05) is 0 Å². The Morgan fingerprint density at radius 3 is 1.67 bits per heavy atom. The smallest absolute Gasteiger partial charge is 0.423 e. The van der Waals surface area contributed by atoms with Crippen LogP contribution < -0.4 is 0 Å². The van der Waals surface area contributed by atoms with Gasteiger partial charge in [-0.05, 0) is 6.92 Å². The lowest BCUT2D eigenvalue weighted by Crippen LogP contribution is -2.47. The number of halogens is 6. The van der Waals surface area contributed by atoms with Gasteiger partial charge in [0.05, 0.1) is 0 Å². The number of ether oxygens (including phenoxy) is 1. The van der Waals surface area contributed by atoms with Crippen molar-refractivity contribution in [1.82, 2.24) is 0 Å². The van der Waals surface area contributed by atoms with Gasteiger partial charge in [0.1, 0.15) is 0 Å². The molecule has 1 atom stereocenters. The maximum absolute atomic E-state index is 11.8. The molecule has 0 rings (SSSR count). The zero-order valence-electron chi connectivity index (χ0n) is 7.19. The molecule has 0 heterocycles. The van der Waals surface area contributed by atoms with E-state index in [9.17, 15) is 31.1 Å². The molecular formula is C6H6F6O3. The number of aliphatic carboxylic acids is 1. The van der Waals surface area contributed by atoms with Crippen molar-refractivity contribution in [2.24, 2.45) is 0 Å². The first kappa shape index (κ1) is 14.0. The van der Waals surface area contributed by atoms with Crippen LogP contribution in [0.4, 0.5) is 26.3 Å². The molecule has 0 unspecified atom stereocenters. The molecule has 0 fully saturated rings. The molecule has 90 valence electrons. The third kappa shape index (κ3) is 4.36. The van der Waals surface area contributed by atoms with Crippen molar-refractivity contribution < 1.29 is 41.0 Å². The molecule has 0 saturated heterocycles. The van der Waals surface area contributed by atoms with Gasteiger partial charge in [0.2, 0.25) is 6.10 Å². The fraction of sp³-hybridized carbons (Fsp3) is 0.833. The second kappa shape index (κ2) is 4.25. The van der Waals surface area contributed by atoms with Crippen molar-refractivity contribution in [2.75, 3.05) is 0 Å². The monoisotopic (exact) mass is 240 g/mol. The summed E-state index contributed by atoms with van der Waals surface area (Å²) >= 11 is 0. The van der Waals surface area contributed by atoms with Crippen LogP contribution in [0, 0.1) is 0 Å². The Morgan fingerprint density at radius 1 is 1.13 bits per heavy atom. The summed E-state index contributed by atoms with van der Waals surface area (Å²) in [5, 5.41) is 8.10. The molecule has 0 aliphatic rings. The summed E-state index contributed by atoms with van der Waals surface area (Å²) in [7, 11) is 0. The molecule has 0 bridgehead atoms. The summed E-state index contributed by atoms with van der Waals surface area (Å²) in [6.45, 7) is 0.576. The van der Waals surface area contributed by atoms with E-state index in [4.69, 9.17) is 5.11 Å². The van der Waals surface area contributed by atoms with Crippen molar-refractivity contribution in [3.05, 3.63) is 0 Å². The highest BCUT2D eigenvalue weighted by Gasteiger charge is 2.58. The summed E-state index contributed by atoms with van der Waals surface area (Å²) in [4.78, 5) is 10.0. The van der Waals surface area contributed by atoms with E-state index in [2.05, 4.69) is 4.74 Å². The summed E-state index contributed by atoms with van der Waals surface area (Å²) in [6, 6.07) is 0. The summed E-state index contributed by atoms with van der Waals surface area (Å²) < 4.78 is 74.2. The molecule has 0 aliphatic heterocycles. The average molecular weight is 240 g/mol. The Morgan fingerprint density at radius 2 is 1.47 bits per heavy atom. The standard InChI is InChI=1S/C6H6F6O3/c1-2(3(13)14)15-4(5(7,8)9)6(10,11)12/h2,4H,1H3,(H,13,14)/t2-/m0/s1. The molecule has 3 nitrogen and oxygen atoms in total. The number of alkyl halides is 6. The molecule has 0 aromatic rings. The van der Waals surface area contributed by atoms with Gasteiger partial charge < -0.3 is 9.84 Å². The van der Waals surface area contributed by atoms with Gasteiger partial charge in [-0.25, -0.2) is 4.79 Å². The molecule has 0 amide bonds. The number of hydrogen-bond acceptors (Lipinski definition) is 2. The van der Waals surface area contributed by atoms with Crippen molar-refractivity contribution in [2.45, 2.75) is 31.5 Å². The van der Waals surface area contributed by atoms with E-state index in [1.165, 1.54) is 0 Å². The Labute approximate surface area is 79.6 Å². The molecule has 0 aromatic heterocycles. The first-order valence-corrected chi connectivity index (χ1v) is 3.48. The highest BCUT2D eigenvalue weighted by Crippen LogP contribution is 2.36. The van der Waals surface area contributed by atoms with Gasteiger partial charge >= 0.3 is 18.3 Å². The first-order chi connectivity index (χ1) is 6.46. The van der Waals surface area contributed by atoms with Crippen LogP contribution in [-0.4, -0.2) is 35.6 Å². The van der Waals surface area contributed by atoms with Gasteiger partial charge in [-0.3, -0.25) is 0 Å². The van der Waals surface area contributed by atoms with Gasteiger partial charge in [-0.2, -0.15) is 26.3 Å². The zero-order valence-corrected chi connectivity index (χ0v) is 7.19. The minimum absolute atomic E-state index is 0.576. The fourth-order valence-corrected chi connectivity index (χ4v) is 0.602. The van der Waals surface area contributed by atoms with Crippen LogP contribution in [-0.2, 0) is 9.53 Å². The quantitative estimate of drug-likeness (QED) is 0.767. The van der Waals surface area contributed by atoms with Crippen molar-refractivity contribution in [3.8, 4) is 0 Å². The van der Waals surface area contributed by atoms with Crippen LogP contribution >= 0.6 is 0 Å². The lowest BCUT2D eigenvalue weighted by atomic mass is 10.3. The van der Waals surface area contributed by atoms with Crippen LogP contribution in [0.2, 0.25) is 0 Å². The molecule has 0 spiro atoms. The maximum Gasteiger partial charge on any atom is 0.423 e. The number of rotatable bonds is 3. The van der Waals surface area contributed by atoms with Gasteiger partial charge in [0.15, 0.2) is 6.10 Å². The highest BCUT2D eigenvalue weighted by atomic mass is 19.4. The SMILES string of the molecule is C[C@H](OC(C(F)(F)F)C(F)(F)F)C(=O)O. The molecule has 0 aromatic carbocycles. The van der Waals surface area contributed by atoms with Gasteiger partial charge in [0, 0.05) is 0 Å². The van der Waals surface area contributed by atoms with E-state index >= 15 is 0 Å². The number of carbonyl (C=O) groups is 1. The van der Waals surface area contributed by atoms with E-state index < -0.39 is 30.5 Å². The Hall–Kier alpha value is -0.990. The fourth-order valence-electron chi connectivity index (χ4n) is 0.602. The summed E-state index contributed by atoms with van der Waals surface area (Å²) in [6.07, 6.45) is -17.7. The molecule has 15 heavy (non-hydrogen) atoms. The van der Waals surface area contributed by atoms with Crippen molar-refractivity contribution >= 4 is 5.97 Å². The molecule has 9 heteroatoms. The van der Waals surface area contributed by atoms with E-state index in [1.54, 1.807) is 0 Å². The van der Waals surface area contributed by atoms with Gasteiger partial charge in [0.25, 0.3) is 0 Å². The van der Waals surface area contributed by atoms with E-state index in [0.717, 1.165) is 0 Å². The summed E-state index contributed by atoms with van der Waals surface area (Å²) in [5.74, 6) is -1.91. The number of carboxylic acid groups (broad SMARTS) is 1. The molecule has 1 N–H and O–H groups in total. The Balaban J connectivity index is 4.77. The average Bonchev–Trinajstić information content (AvgIpc) is 1.94. The van der Waals surface area contributed by atoms with Crippen molar-refractivity contribution in [3.63, 3.8) is 0 Å². The molecular weight excluding hydrogens is 234 g/mol. The first-order valence-electron chi connectivity index (χ1n) is 3.48. The topological polar surface area (TPSA) is 46.5 Å². The lowest BCUT2D eigenvalue weighted by molar-refractivity contribution is -0.328. The second-order valence-electron chi connectivity index (χ2n) is 2.58. The van der Waals surface area contributed by atoms with Crippen LogP contribution in [0.25, 0.3) is 0 Å². The third-order valence-electron chi connectivity index (χ3n) is 1.28. The number of hydrogen-bond donors (Lipinski definition) is 1. The maximum atomic E-state index is 11.8. The third-order valence-corrected chi connectivity index (χ3v) is 1.28. The minimum Gasteiger partial charge on any atom is -0.479 e. The molecule has 0 aliphatic carbocycles. The predicted molar refractivity (Wildman–Crippen MR) is 34.1 cm³/mol.